The lowest BCUT2D eigenvalue weighted by molar-refractivity contribution is -0.133. The van der Waals surface area contributed by atoms with Crippen LogP contribution in [0, 0.1) is 16.7 Å². The second-order valence-corrected chi connectivity index (χ2v) is 8.30. The second kappa shape index (κ2) is 5.01. The van der Waals surface area contributed by atoms with Crippen LogP contribution in [0.3, 0.4) is 0 Å². The molecule has 3 aliphatic carbocycles. The van der Waals surface area contributed by atoms with E-state index in [1.807, 2.05) is 6.92 Å². The molecular weight excluding hydrogens is 304 g/mol. The van der Waals surface area contributed by atoms with Crippen LogP contribution in [0.1, 0.15) is 53.9 Å². The molecule has 1 saturated carbocycles. The van der Waals surface area contributed by atoms with Crippen molar-refractivity contribution in [3.63, 3.8) is 0 Å². The van der Waals surface area contributed by atoms with Crippen LogP contribution in [0.25, 0.3) is 0 Å². The molecule has 0 spiro atoms. The maximum atomic E-state index is 12.9. The van der Waals surface area contributed by atoms with Gasteiger partial charge in [0.05, 0.1) is 0 Å². The highest BCUT2D eigenvalue weighted by Crippen LogP contribution is 2.62. The van der Waals surface area contributed by atoms with Gasteiger partial charge in [-0.05, 0) is 29.7 Å². The maximum Gasteiger partial charge on any atom is 0.233 e. The van der Waals surface area contributed by atoms with Crippen molar-refractivity contribution in [1.29, 1.82) is 0 Å². The SMILES string of the molecule is CC(C)C1=C(O)C2=C(C(=O)C1=O)[C@@]1(C)CCCC(C)(C)C1=C2C=O. The van der Waals surface area contributed by atoms with Gasteiger partial charge in [0.25, 0.3) is 0 Å². The smallest absolute Gasteiger partial charge is 0.233 e. The number of aliphatic hydroxyl groups excluding tert-OH is 1. The van der Waals surface area contributed by atoms with Gasteiger partial charge in [0.15, 0.2) is 6.29 Å². The topological polar surface area (TPSA) is 71.4 Å². The number of fused-ring (bicyclic) bond motifs is 2. The monoisotopic (exact) mass is 328 g/mol. The predicted octanol–water partition coefficient (Wildman–Crippen LogP) is 3.63. The standard InChI is InChI=1S/C20H24O4/c1-10(2)12-15(22)13-11(9-21)18-19(3,4)7-6-8-20(18,5)14(13)17(24)16(12)23/h9-10,22H,6-8H2,1-5H3/t20-/m1/s1. The molecule has 0 aromatic rings. The van der Waals surface area contributed by atoms with Gasteiger partial charge < -0.3 is 5.11 Å². The van der Waals surface area contributed by atoms with Crippen molar-refractivity contribution in [3.05, 3.63) is 33.6 Å². The number of hydrogen-bond acceptors (Lipinski definition) is 4. The Labute approximate surface area is 142 Å². The zero-order valence-electron chi connectivity index (χ0n) is 14.9. The number of aldehydes is 1. The average Bonchev–Trinajstić information content (AvgIpc) is 2.74. The Morgan fingerprint density at radius 3 is 2.25 bits per heavy atom. The molecule has 1 N–H and O–H groups in total. The van der Waals surface area contributed by atoms with Crippen molar-refractivity contribution < 1.29 is 19.5 Å². The van der Waals surface area contributed by atoms with Crippen molar-refractivity contribution in [3.8, 4) is 0 Å². The van der Waals surface area contributed by atoms with E-state index in [1.165, 1.54) is 0 Å². The number of Topliss-reactive ketones (excluding diaryl/α,β-unsaturated/α-hetero) is 2. The van der Waals surface area contributed by atoms with Crippen molar-refractivity contribution in [2.75, 3.05) is 0 Å². The summed E-state index contributed by atoms with van der Waals surface area (Å²) in [5, 5.41) is 10.8. The third-order valence-electron chi connectivity index (χ3n) is 5.91. The third kappa shape index (κ3) is 1.89. The fourth-order valence-electron chi connectivity index (χ4n) is 5.07. The van der Waals surface area contributed by atoms with Crippen molar-refractivity contribution in [1.82, 2.24) is 0 Å². The van der Waals surface area contributed by atoms with Crippen LogP contribution in [0.5, 0.6) is 0 Å². The molecule has 3 aliphatic rings. The Balaban J connectivity index is 2.39. The first-order valence-electron chi connectivity index (χ1n) is 8.56. The average molecular weight is 328 g/mol. The first-order chi connectivity index (χ1) is 11.1. The van der Waals surface area contributed by atoms with E-state index in [2.05, 4.69) is 13.8 Å². The summed E-state index contributed by atoms with van der Waals surface area (Å²) in [6, 6.07) is 0. The van der Waals surface area contributed by atoms with Gasteiger partial charge in [0.1, 0.15) is 5.76 Å². The summed E-state index contributed by atoms with van der Waals surface area (Å²) < 4.78 is 0. The highest BCUT2D eigenvalue weighted by Gasteiger charge is 2.56. The normalized spacial score (nSPS) is 29.4. The summed E-state index contributed by atoms with van der Waals surface area (Å²) >= 11 is 0. The molecule has 0 aliphatic heterocycles. The van der Waals surface area contributed by atoms with Gasteiger partial charge >= 0.3 is 0 Å². The zero-order valence-corrected chi connectivity index (χ0v) is 14.9. The molecule has 3 rings (SSSR count). The zero-order chi connectivity index (χ0) is 18.0. The lowest BCUT2D eigenvalue weighted by Crippen LogP contribution is -2.39. The Kier molecular flexibility index (Phi) is 3.52. The minimum atomic E-state index is -0.642. The minimum Gasteiger partial charge on any atom is -0.507 e. The van der Waals surface area contributed by atoms with Crippen LogP contribution < -0.4 is 0 Å². The van der Waals surface area contributed by atoms with Gasteiger partial charge in [0, 0.05) is 27.7 Å². The van der Waals surface area contributed by atoms with Crippen LogP contribution in [0.2, 0.25) is 0 Å². The van der Waals surface area contributed by atoms with Gasteiger partial charge in [-0.3, -0.25) is 14.4 Å². The minimum absolute atomic E-state index is 0.124. The summed E-state index contributed by atoms with van der Waals surface area (Å²) in [6.45, 7) is 9.61. The molecule has 0 bridgehead atoms. The van der Waals surface area contributed by atoms with Gasteiger partial charge in [-0.1, -0.05) is 41.0 Å². The largest absolute Gasteiger partial charge is 0.507 e. The maximum absolute atomic E-state index is 12.9. The number of carbonyl (C=O) groups is 3. The molecule has 0 aromatic carbocycles. The van der Waals surface area contributed by atoms with Crippen LogP contribution >= 0.6 is 0 Å². The van der Waals surface area contributed by atoms with Crippen LogP contribution in [-0.4, -0.2) is 23.0 Å². The molecule has 24 heavy (non-hydrogen) atoms. The number of ketones is 2. The summed E-state index contributed by atoms with van der Waals surface area (Å²) in [7, 11) is 0. The van der Waals surface area contributed by atoms with Gasteiger partial charge in [-0.15, -0.1) is 0 Å². The van der Waals surface area contributed by atoms with Crippen LogP contribution in [-0.2, 0) is 14.4 Å². The van der Waals surface area contributed by atoms with Gasteiger partial charge in [-0.25, -0.2) is 0 Å². The second-order valence-electron chi connectivity index (χ2n) is 8.30. The molecule has 0 amide bonds. The van der Waals surface area contributed by atoms with E-state index in [9.17, 15) is 19.5 Å². The van der Waals surface area contributed by atoms with Gasteiger partial charge in [-0.2, -0.15) is 0 Å². The third-order valence-corrected chi connectivity index (χ3v) is 5.91. The molecule has 128 valence electrons. The fourth-order valence-corrected chi connectivity index (χ4v) is 5.07. The molecular formula is C20H24O4. The van der Waals surface area contributed by atoms with Crippen molar-refractivity contribution >= 4 is 17.9 Å². The quantitative estimate of drug-likeness (QED) is 0.477. The highest BCUT2D eigenvalue weighted by atomic mass is 16.3. The molecule has 0 radical (unpaired) electrons. The summed E-state index contributed by atoms with van der Waals surface area (Å²) in [5.74, 6) is -1.64. The number of aliphatic hydroxyl groups is 1. The van der Waals surface area contributed by atoms with E-state index < -0.39 is 17.0 Å². The lowest BCUT2D eigenvalue weighted by Gasteiger charge is -2.45. The molecule has 0 saturated heterocycles. The summed E-state index contributed by atoms with van der Waals surface area (Å²) in [4.78, 5) is 37.4. The Morgan fingerprint density at radius 2 is 1.71 bits per heavy atom. The van der Waals surface area contributed by atoms with E-state index in [-0.39, 0.29) is 22.7 Å². The molecule has 1 atom stereocenters. The first kappa shape index (κ1) is 16.9. The van der Waals surface area contributed by atoms with Crippen LogP contribution in [0.15, 0.2) is 33.6 Å². The van der Waals surface area contributed by atoms with Gasteiger partial charge in [0.2, 0.25) is 11.6 Å². The Morgan fingerprint density at radius 1 is 1.08 bits per heavy atom. The number of hydrogen-bond donors (Lipinski definition) is 1. The number of allylic oxidation sites excluding steroid dienone is 4. The molecule has 0 aromatic heterocycles. The molecule has 0 unspecified atom stereocenters. The predicted molar refractivity (Wildman–Crippen MR) is 90.4 cm³/mol. The molecule has 4 nitrogen and oxygen atoms in total. The van der Waals surface area contributed by atoms with Crippen molar-refractivity contribution in [2.45, 2.75) is 53.9 Å². The summed E-state index contributed by atoms with van der Waals surface area (Å²) in [6.07, 6.45) is 3.30. The van der Waals surface area contributed by atoms with E-state index in [4.69, 9.17) is 0 Å². The Hall–Kier alpha value is -1.97. The highest BCUT2D eigenvalue weighted by molar-refractivity contribution is 6.51. The lowest BCUT2D eigenvalue weighted by atomic mass is 9.58. The number of rotatable bonds is 2. The van der Waals surface area contributed by atoms with E-state index >= 15 is 0 Å². The number of carbonyl (C=O) groups excluding carboxylic acids is 3. The summed E-state index contributed by atoms with van der Waals surface area (Å²) in [5.41, 5.74) is 1.19. The molecule has 1 fully saturated rings. The molecule has 4 heteroatoms. The van der Waals surface area contributed by atoms with E-state index in [0.29, 0.717) is 23.1 Å². The first-order valence-corrected chi connectivity index (χ1v) is 8.56. The van der Waals surface area contributed by atoms with E-state index in [1.54, 1.807) is 13.8 Å². The molecule has 0 heterocycles. The van der Waals surface area contributed by atoms with Crippen LogP contribution in [0.4, 0.5) is 0 Å². The fraction of sp³-hybridized carbons (Fsp3) is 0.550. The Bertz CT molecular complexity index is 773. The van der Waals surface area contributed by atoms with E-state index in [0.717, 1.165) is 24.7 Å². The van der Waals surface area contributed by atoms with Crippen molar-refractivity contribution in [2.24, 2.45) is 16.7 Å².